The van der Waals surface area contributed by atoms with Gasteiger partial charge in [-0.15, -0.1) is 0 Å². The summed E-state index contributed by atoms with van der Waals surface area (Å²) in [5.74, 6) is -1.10. The van der Waals surface area contributed by atoms with Crippen LogP contribution in [0.4, 0.5) is 5.82 Å². The minimum absolute atomic E-state index is 0.00720. The van der Waals surface area contributed by atoms with Crippen LogP contribution in [0.15, 0.2) is 64.7 Å². The fraction of sp³-hybridized carbons (Fsp3) is 0.174. The van der Waals surface area contributed by atoms with Crippen LogP contribution in [0.1, 0.15) is 35.4 Å². The van der Waals surface area contributed by atoms with Gasteiger partial charge >= 0.3 is 5.91 Å². The highest BCUT2D eigenvalue weighted by Gasteiger charge is 2.48. The first-order chi connectivity index (χ1) is 14.4. The average molecular weight is 423 g/mol. The molecule has 3 aromatic rings. The van der Waals surface area contributed by atoms with E-state index < -0.39 is 17.7 Å². The topological polar surface area (TPSA) is 83.6 Å². The summed E-state index contributed by atoms with van der Waals surface area (Å²) in [6, 6.07) is 14.7. The SMILES string of the molecule is CCc1ccc([C@H]2C(=C(O)c3ccc(Cl)cc3)C(=O)C(=O)N2c2cc(C)on2)cc1. The van der Waals surface area contributed by atoms with Crippen LogP contribution >= 0.6 is 11.6 Å². The molecule has 0 unspecified atom stereocenters. The van der Waals surface area contributed by atoms with Crippen molar-refractivity contribution >= 4 is 34.9 Å². The maximum Gasteiger partial charge on any atom is 0.301 e. The van der Waals surface area contributed by atoms with Gasteiger partial charge in [0, 0.05) is 16.7 Å². The largest absolute Gasteiger partial charge is 0.507 e. The highest BCUT2D eigenvalue weighted by atomic mass is 35.5. The molecule has 0 radical (unpaired) electrons. The molecule has 4 rings (SSSR count). The summed E-state index contributed by atoms with van der Waals surface area (Å²) in [5.41, 5.74) is 2.18. The quantitative estimate of drug-likeness (QED) is 0.370. The summed E-state index contributed by atoms with van der Waals surface area (Å²) < 4.78 is 5.13. The van der Waals surface area contributed by atoms with Gasteiger partial charge in [-0.1, -0.05) is 47.9 Å². The third kappa shape index (κ3) is 3.39. The second-order valence-corrected chi connectivity index (χ2v) is 7.50. The molecule has 1 aliphatic rings. The number of ketones is 1. The van der Waals surface area contributed by atoms with E-state index in [-0.39, 0.29) is 17.2 Å². The fourth-order valence-electron chi connectivity index (χ4n) is 3.55. The van der Waals surface area contributed by atoms with Gasteiger partial charge in [-0.3, -0.25) is 14.5 Å². The number of carbonyl (C=O) groups excluding carboxylic acids is 2. The Kier molecular flexibility index (Phi) is 5.18. The second kappa shape index (κ2) is 7.80. The minimum atomic E-state index is -0.837. The van der Waals surface area contributed by atoms with Crippen LogP contribution in [0.2, 0.25) is 5.02 Å². The van der Waals surface area contributed by atoms with Gasteiger partial charge < -0.3 is 9.63 Å². The smallest absolute Gasteiger partial charge is 0.301 e. The number of nitrogens with zero attached hydrogens (tertiary/aromatic N) is 2. The van der Waals surface area contributed by atoms with E-state index in [0.717, 1.165) is 12.0 Å². The van der Waals surface area contributed by atoms with Crippen molar-refractivity contribution in [3.8, 4) is 0 Å². The first-order valence-corrected chi connectivity index (χ1v) is 9.87. The number of aromatic nitrogens is 1. The number of hydrogen-bond donors (Lipinski definition) is 1. The standard InChI is InChI=1S/C23H19ClN2O4/c1-3-14-4-6-15(7-5-14)20-19(21(27)16-8-10-17(24)11-9-16)22(28)23(29)26(20)18-12-13(2)30-25-18/h4-12,20,27H,3H2,1-2H3/t20-/m0/s1. The van der Waals surface area contributed by atoms with E-state index in [0.29, 0.717) is 21.9 Å². The summed E-state index contributed by atoms with van der Waals surface area (Å²) in [6.07, 6.45) is 0.855. The molecule has 2 aromatic carbocycles. The molecule has 30 heavy (non-hydrogen) atoms. The Morgan fingerprint density at radius 1 is 1.13 bits per heavy atom. The fourth-order valence-corrected chi connectivity index (χ4v) is 3.68. The lowest BCUT2D eigenvalue weighted by Crippen LogP contribution is -2.29. The van der Waals surface area contributed by atoms with E-state index in [1.165, 1.54) is 4.90 Å². The number of hydrogen-bond acceptors (Lipinski definition) is 5. The zero-order valence-corrected chi connectivity index (χ0v) is 17.2. The number of halogens is 1. The van der Waals surface area contributed by atoms with Gasteiger partial charge in [0.1, 0.15) is 11.5 Å². The van der Waals surface area contributed by atoms with Crippen molar-refractivity contribution in [3.05, 3.63) is 87.6 Å². The van der Waals surface area contributed by atoms with Gasteiger partial charge in [0.05, 0.1) is 11.6 Å². The molecule has 2 heterocycles. The number of carbonyl (C=O) groups is 2. The van der Waals surface area contributed by atoms with Crippen LogP contribution in [-0.4, -0.2) is 22.0 Å². The van der Waals surface area contributed by atoms with Gasteiger partial charge in [-0.2, -0.15) is 0 Å². The molecule has 1 aliphatic heterocycles. The number of aryl methyl sites for hydroxylation is 2. The van der Waals surface area contributed by atoms with Crippen LogP contribution in [0.25, 0.3) is 5.76 Å². The number of aliphatic hydroxyl groups excluding tert-OH is 1. The number of amides is 1. The summed E-state index contributed by atoms with van der Waals surface area (Å²) in [4.78, 5) is 27.2. The van der Waals surface area contributed by atoms with Gasteiger partial charge in [-0.05, 0) is 48.7 Å². The van der Waals surface area contributed by atoms with E-state index in [1.807, 2.05) is 31.2 Å². The van der Waals surface area contributed by atoms with Crippen molar-refractivity contribution in [1.29, 1.82) is 0 Å². The van der Waals surface area contributed by atoms with Crippen molar-refractivity contribution < 1.29 is 19.2 Å². The Morgan fingerprint density at radius 3 is 2.37 bits per heavy atom. The van der Waals surface area contributed by atoms with E-state index in [9.17, 15) is 14.7 Å². The molecule has 0 saturated carbocycles. The summed E-state index contributed by atoms with van der Waals surface area (Å²) in [6.45, 7) is 3.74. The number of rotatable bonds is 4. The lowest BCUT2D eigenvalue weighted by atomic mass is 9.94. The van der Waals surface area contributed by atoms with Gasteiger partial charge in [0.25, 0.3) is 5.78 Å². The monoisotopic (exact) mass is 422 g/mol. The molecule has 1 amide bonds. The molecule has 1 N–H and O–H groups in total. The number of benzene rings is 2. The Bertz CT molecular complexity index is 1150. The summed E-state index contributed by atoms with van der Waals surface area (Å²) in [7, 11) is 0. The first kappa shape index (κ1) is 19.9. The Labute approximate surface area is 178 Å². The second-order valence-electron chi connectivity index (χ2n) is 7.07. The van der Waals surface area contributed by atoms with Crippen LogP contribution < -0.4 is 4.90 Å². The summed E-state index contributed by atoms with van der Waals surface area (Å²) >= 11 is 5.94. The van der Waals surface area contributed by atoms with E-state index in [2.05, 4.69) is 5.16 Å². The molecular weight excluding hydrogens is 404 g/mol. The van der Waals surface area contributed by atoms with Crippen LogP contribution in [0, 0.1) is 6.92 Å². The molecule has 0 spiro atoms. The van der Waals surface area contributed by atoms with E-state index in [4.69, 9.17) is 16.1 Å². The highest BCUT2D eigenvalue weighted by Crippen LogP contribution is 2.42. The van der Waals surface area contributed by atoms with Crippen LogP contribution in [0.3, 0.4) is 0 Å². The number of anilines is 1. The Hall–Kier alpha value is -3.38. The highest BCUT2D eigenvalue weighted by molar-refractivity contribution is 6.51. The van der Waals surface area contributed by atoms with Crippen molar-refractivity contribution in [2.75, 3.05) is 4.90 Å². The predicted octanol–water partition coefficient (Wildman–Crippen LogP) is 4.83. The van der Waals surface area contributed by atoms with Crippen molar-refractivity contribution in [2.24, 2.45) is 0 Å². The Balaban J connectivity index is 1.92. The van der Waals surface area contributed by atoms with Crippen LogP contribution in [0.5, 0.6) is 0 Å². The van der Waals surface area contributed by atoms with Crippen molar-refractivity contribution in [3.63, 3.8) is 0 Å². The molecule has 1 fully saturated rings. The molecule has 152 valence electrons. The van der Waals surface area contributed by atoms with Crippen molar-refractivity contribution in [1.82, 2.24) is 5.16 Å². The zero-order valence-electron chi connectivity index (χ0n) is 16.4. The maximum atomic E-state index is 13.0. The first-order valence-electron chi connectivity index (χ1n) is 9.49. The number of Topliss-reactive ketones (excluding diaryl/α,β-unsaturated/α-hetero) is 1. The van der Waals surface area contributed by atoms with Gasteiger partial charge in [0.15, 0.2) is 5.82 Å². The predicted molar refractivity (Wildman–Crippen MR) is 113 cm³/mol. The lowest BCUT2D eigenvalue weighted by Gasteiger charge is -2.23. The molecule has 1 saturated heterocycles. The molecule has 1 atom stereocenters. The van der Waals surface area contributed by atoms with Crippen LogP contribution in [-0.2, 0) is 16.0 Å². The molecule has 0 bridgehead atoms. The van der Waals surface area contributed by atoms with E-state index >= 15 is 0 Å². The number of aliphatic hydroxyl groups is 1. The van der Waals surface area contributed by atoms with E-state index in [1.54, 1.807) is 37.3 Å². The third-order valence-corrected chi connectivity index (χ3v) is 5.38. The third-order valence-electron chi connectivity index (χ3n) is 5.13. The average Bonchev–Trinajstić information content (AvgIpc) is 3.29. The molecule has 1 aromatic heterocycles. The molecule has 7 heteroatoms. The zero-order chi connectivity index (χ0) is 21.4. The lowest BCUT2D eigenvalue weighted by molar-refractivity contribution is -0.132. The minimum Gasteiger partial charge on any atom is -0.507 e. The Morgan fingerprint density at radius 2 is 1.80 bits per heavy atom. The maximum absolute atomic E-state index is 13.0. The normalized spacial score (nSPS) is 18.2. The summed E-state index contributed by atoms with van der Waals surface area (Å²) in [5, 5.41) is 15.4. The molecule has 6 nitrogen and oxygen atoms in total. The van der Waals surface area contributed by atoms with Gasteiger partial charge in [0.2, 0.25) is 0 Å². The van der Waals surface area contributed by atoms with Gasteiger partial charge in [-0.25, -0.2) is 0 Å². The van der Waals surface area contributed by atoms with Crippen molar-refractivity contribution in [2.45, 2.75) is 26.3 Å². The molecule has 0 aliphatic carbocycles. The molecular formula is C23H19ClN2O4.